The maximum atomic E-state index is 10.8. The summed E-state index contributed by atoms with van der Waals surface area (Å²) in [6.45, 7) is 0.359. The molecule has 0 aliphatic rings. The Labute approximate surface area is 99.8 Å². The monoisotopic (exact) mass is 265 g/mol. The van der Waals surface area contributed by atoms with E-state index in [0.29, 0.717) is 17.3 Å². The van der Waals surface area contributed by atoms with Gasteiger partial charge in [0, 0.05) is 0 Å². The Morgan fingerprint density at radius 3 is 2.73 bits per heavy atom. The molecule has 0 aliphatic heterocycles. The van der Waals surface area contributed by atoms with Gasteiger partial charge in [0.1, 0.15) is 5.25 Å². The second-order valence-corrected chi connectivity index (χ2v) is 6.04. The fourth-order valence-corrected chi connectivity index (χ4v) is 3.46. The van der Waals surface area contributed by atoms with E-state index in [9.17, 15) is 4.79 Å². The summed E-state index contributed by atoms with van der Waals surface area (Å²) in [7, 11) is 0. The van der Waals surface area contributed by atoms with Crippen LogP contribution in [-0.2, 0) is 4.79 Å². The molecular formula is C7H11N3O2S3. The zero-order valence-electron chi connectivity index (χ0n) is 8.04. The van der Waals surface area contributed by atoms with Gasteiger partial charge in [-0.3, -0.25) is 4.79 Å². The lowest BCUT2D eigenvalue weighted by Crippen LogP contribution is -2.20. The first-order valence-electron chi connectivity index (χ1n) is 4.14. The number of nitrogens with two attached hydrogens (primary N) is 1. The molecule has 0 radical (unpaired) electrons. The van der Waals surface area contributed by atoms with Gasteiger partial charge in [0.2, 0.25) is 0 Å². The number of aromatic nitrogens is 2. The Hall–Kier alpha value is -0.310. The van der Waals surface area contributed by atoms with Crippen LogP contribution in [0.1, 0.15) is 6.42 Å². The molecule has 0 saturated carbocycles. The van der Waals surface area contributed by atoms with E-state index in [0.717, 1.165) is 4.34 Å². The highest BCUT2D eigenvalue weighted by atomic mass is 32.2. The van der Waals surface area contributed by atoms with Crippen LogP contribution in [0.15, 0.2) is 8.68 Å². The fourth-order valence-electron chi connectivity index (χ4n) is 0.833. The van der Waals surface area contributed by atoms with Crippen molar-refractivity contribution in [1.82, 2.24) is 10.2 Å². The van der Waals surface area contributed by atoms with Crippen LogP contribution in [0.5, 0.6) is 0 Å². The molecule has 3 N–H and O–H groups in total. The van der Waals surface area contributed by atoms with E-state index in [-0.39, 0.29) is 0 Å². The summed E-state index contributed by atoms with van der Waals surface area (Å²) >= 11 is 4.11. The van der Waals surface area contributed by atoms with E-state index >= 15 is 0 Å². The maximum Gasteiger partial charge on any atom is 0.317 e. The van der Waals surface area contributed by atoms with Gasteiger partial charge >= 0.3 is 5.97 Å². The van der Waals surface area contributed by atoms with Crippen LogP contribution < -0.4 is 5.73 Å². The zero-order chi connectivity index (χ0) is 11.3. The summed E-state index contributed by atoms with van der Waals surface area (Å²) in [5.41, 5.74) is 5.34. The van der Waals surface area contributed by atoms with Gasteiger partial charge in [0.05, 0.1) is 0 Å². The highest BCUT2D eigenvalue weighted by Gasteiger charge is 2.20. The average Bonchev–Trinajstić information content (AvgIpc) is 2.65. The van der Waals surface area contributed by atoms with Gasteiger partial charge in [-0.25, -0.2) is 0 Å². The summed E-state index contributed by atoms with van der Waals surface area (Å²) in [6.07, 6.45) is 2.34. The molecule has 1 unspecified atom stereocenters. The van der Waals surface area contributed by atoms with Crippen molar-refractivity contribution in [3.8, 4) is 0 Å². The van der Waals surface area contributed by atoms with Gasteiger partial charge in [-0.1, -0.05) is 34.9 Å². The number of carboxylic acids is 1. The minimum absolute atomic E-state index is 0.359. The number of hydrogen-bond acceptors (Lipinski definition) is 7. The number of nitrogens with zero attached hydrogens (tertiary/aromatic N) is 2. The molecule has 1 atom stereocenters. The molecule has 5 nitrogen and oxygen atoms in total. The van der Waals surface area contributed by atoms with Gasteiger partial charge in [-0.05, 0) is 19.2 Å². The summed E-state index contributed by atoms with van der Waals surface area (Å²) in [5.74, 6) is -0.855. The summed E-state index contributed by atoms with van der Waals surface area (Å²) in [6, 6.07) is 0. The molecule has 1 rings (SSSR count). The first kappa shape index (κ1) is 12.8. The summed E-state index contributed by atoms with van der Waals surface area (Å²) in [5, 5.41) is 16.2. The Morgan fingerprint density at radius 1 is 1.60 bits per heavy atom. The number of carboxylic acid groups (broad SMARTS) is 1. The van der Waals surface area contributed by atoms with Crippen LogP contribution in [0.2, 0.25) is 0 Å². The van der Waals surface area contributed by atoms with E-state index in [1.165, 1.54) is 34.9 Å². The van der Waals surface area contributed by atoms with E-state index in [4.69, 9.17) is 10.8 Å². The van der Waals surface area contributed by atoms with Crippen LogP contribution in [-0.4, -0.2) is 39.3 Å². The fraction of sp³-hybridized carbons (Fsp3) is 0.571. The molecule has 0 fully saturated rings. The normalized spacial score (nSPS) is 12.7. The number of hydrogen-bond donors (Lipinski definition) is 2. The van der Waals surface area contributed by atoms with Crippen molar-refractivity contribution in [2.24, 2.45) is 5.73 Å². The highest BCUT2D eigenvalue weighted by molar-refractivity contribution is 8.03. The van der Waals surface area contributed by atoms with Crippen LogP contribution in [0.4, 0.5) is 0 Å². The van der Waals surface area contributed by atoms with Gasteiger partial charge in [0.25, 0.3) is 0 Å². The van der Waals surface area contributed by atoms with Crippen molar-refractivity contribution >= 4 is 40.8 Å². The van der Waals surface area contributed by atoms with Crippen molar-refractivity contribution < 1.29 is 9.90 Å². The van der Waals surface area contributed by atoms with Crippen LogP contribution in [0, 0.1) is 0 Å². The molecule has 15 heavy (non-hydrogen) atoms. The Morgan fingerprint density at radius 2 is 2.27 bits per heavy atom. The van der Waals surface area contributed by atoms with E-state index in [2.05, 4.69) is 10.2 Å². The molecular weight excluding hydrogens is 254 g/mol. The topological polar surface area (TPSA) is 89.1 Å². The van der Waals surface area contributed by atoms with E-state index < -0.39 is 11.2 Å². The van der Waals surface area contributed by atoms with E-state index in [1.54, 1.807) is 0 Å². The van der Waals surface area contributed by atoms with Gasteiger partial charge in [0.15, 0.2) is 8.68 Å². The van der Waals surface area contributed by atoms with Crippen LogP contribution in [0.3, 0.4) is 0 Å². The Balaban J connectivity index is 2.61. The number of rotatable bonds is 6. The second kappa shape index (κ2) is 6.31. The number of aliphatic carboxylic acids is 1. The van der Waals surface area contributed by atoms with Gasteiger partial charge < -0.3 is 10.8 Å². The molecule has 1 aromatic rings. The molecule has 1 heterocycles. The molecule has 0 spiro atoms. The van der Waals surface area contributed by atoms with Gasteiger partial charge in [-0.15, -0.1) is 10.2 Å². The third-order valence-corrected chi connectivity index (χ3v) is 4.75. The zero-order valence-corrected chi connectivity index (χ0v) is 10.5. The maximum absolute atomic E-state index is 10.8. The lowest BCUT2D eigenvalue weighted by Gasteiger charge is -2.06. The first-order chi connectivity index (χ1) is 7.17. The highest BCUT2D eigenvalue weighted by Crippen LogP contribution is 2.31. The predicted molar refractivity (Wildman–Crippen MR) is 62.6 cm³/mol. The molecule has 0 saturated heterocycles. The largest absolute Gasteiger partial charge is 0.480 e. The third-order valence-electron chi connectivity index (χ3n) is 1.51. The van der Waals surface area contributed by atoms with Gasteiger partial charge in [-0.2, -0.15) is 0 Å². The van der Waals surface area contributed by atoms with Crippen molar-refractivity contribution in [1.29, 1.82) is 0 Å². The molecule has 0 aromatic carbocycles. The SMILES string of the molecule is CSc1nnc(SC(CCN)C(=O)O)s1. The van der Waals surface area contributed by atoms with Crippen molar-refractivity contribution in [2.45, 2.75) is 20.4 Å². The molecule has 0 amide bonds. The molecule has 8 heteroatoms. The van der Waals surface area contributed by atoms with Crippen LogP contribution >= 0.6 is 34.9 Å². The van der Waals surface area contributed by atoms with Crippen LogP contribution in [0.25, 0.3) is 0 Å². The predicted octanol–water partition coefficient (Wildman–Crippen LogP) is 1.15. The number of thioether (sulfide) groups is 2. The minimum atomic E-state index is -0.855. The quantitative estimate of drug-likeness (QED) is 0.746. The third kappa shape index (κ3) is 3.98. The Kier molecular flexibility index (Phi) is 5.37. The summed E-state index contributed by atoms with van der Waals surface area (Å²) in [4.78, 5) is 10.8. The molecule has 1 aromatic heterocycles. The lowest BCUT2D eigenvalue weighted by atomic mass is 10.3. The molecule has 0 aliphatic carbocycles. The molecule has 0 bridgehead atoms. The standard InChI is InChI=1S/C7H11N3O2S3/c1-13-6-9-10-7(15-6)14-4(2-3-8)5(11)12/h4H,2-3,8H2,1H3,(H,11,12). The smallest absolute Gasteiger partial charge is 0.317 e. The van der Waals surface area contributed by atoms with Crippen molar-refractivity contribution in [3.63, 3.8) is 0 Å². The van der Waals surface area contributed by atoms with Crippen molar-refractivity contribution in [3.05, 3.63) is 0 Å². The lowest BCUT2D eigenvalue weighted by molar-refractivity contribution is -0.136. The minimum Gasteiger partial charge on any atom is -0.480 e. The molecule has 84 valence electrons. The summed E-state index contributed by atoms with van der Waals surface area (Å²) < 4.78 is 1.52. The van der Waals surface area contributed by atoms with Crippen molar-refractivity contribution in [2.75, 3.05) is 12.8 Å². The van der Waals surface area contributed by atoms with E-state index in [1.807, 2.05) is 6.26 Å². The number of carbonyl (C=O) groups is 1. The second-order valence-electron chi connectivity index (χ2n) is 2.56. The Bertz CT molecular complexity index is 331. The first-order valence-corrected chi connectivity index (χ1v) is 7.06. The average molecular weight is 265 g/mol.